The molecule has 1 aromatic heterocycles. The van der Waals surface area contributed by atoms with Crippen LogP contribution in [0.5, 0.6) is 0 Å². The predicted octanol–water partition coefficient (Wildman–Crippen LogP) is 2.99. The molecule has 1 aliphatic carbocycles. The molecule has 1 nitrogen and oxygen atoms in total. The van der Waals surface area contributed by atoms with E-state index in [-0.39, 0.29) is 0 Å². The summed E-state index contributed by atoms with van der Waals surface area (Å²) in [6.45, 7) is 1.14. The largest absolute Gasteiger partial charge is 0.314 e. The van der Waals surface area contributed by atoms with Crippen LogP contribution < -0.4 is 5.32 Å². The van der Waals surface area contributed by atoms with Crippen molar-refractivity contribution in [2.75, 3.05) is 6.54 Å². The van der Waals surface area contributed by atoms with Gasteiger partial charge >= 0.3 is 0 Å². The van der Waals surface area contributed by atoms with Gasteiger partial charge < -0.3 is 5.32 Å². The molecule has 0 unspecified atom stereocenters. The second-order valence-corrected chi connectivity index (χ2v) is 4.80. The molecule has 0 atom stereocenters. The van der Waals surface area contributed by atoms with Crippen LogP contribution in [-0.2, 0) is 6.42 Å². The molecule has 1 fully saturated rings. The summed E-state index contributed by atoms with van der Waals surface area (Å²) < 4.78 is 0. The van der Waals surface area contributed by atoms with E-state index < -0.39 is 0 Å². The number of rotatable bonds is 6. The van der Waals surface area contributed by atoms with Gasteiger partial charge in [-0.1, -0.05) is 18.2 Å². The third-order valence-electron chi connectivity index (χ3n) is 2.39. The van der Waals surface area contributed by atoms with E-state index in [0.717, 1.165) is 19.0 Å². The van der Waals surface area contributed by atoms with E-state index in [4.69, 9.17) is 0 Å². The number of hydrogen-bond acceptors (Lipinski definition) is 2. The molecule has 1 heterocycles. The van der Waals surface area contributed by atoms with Crippen LogP contribution in [0.1, 0.15) is 24.1 Å². The Morgan fingerprint density at radius 2 is 2.36 bits per heavy atom. The molecule has 1 saturated carbocycles. The summed E-state index contributed by atoms with van der Waals surface area (Å²) in [5.41, 5.74) is 0. The van der Waals surface area contributed by atoms with Gasteiger partial charge in [0.25, 0.3) is 0 Å². The van der Waals surface area contributed by atoms with Gasteiger partial charge in [0.2, 0.25) is 0 Å². The van der Waals surface area contributed by atoms with Crippen LogP contribution in [0, 0.1) is 0 Å². The minimum absolute atomic E-state index is 0.848. The average Bonchev–Trinajstić information content (AvgIpc) is 2.87. The predicted molar refractivity (Wildman–Crippen MR) is 62.8 cm³/mol. The highest BCUT2D eigenvalue weighted by atomic mass is 32.1. The van der Waals surface area contributed by atoms with Crippen molar-refractivity contribution in [3.63, 3.8) is 0 Å². The van der Waals surface area contributed by atoms with E-state index in [1.54, 1.807) is 0 Å². The standard InChI is InChI=1S/C12H17NS/c1(3-9-13-11-7-8-11)2-5-12-6-4-10-14-12/h1-2,4,6,10-11,13H,3,5,7-9H2. The molecule has 0 amide bonds. The van der Waals surface area contributed by atoms with Crippen molar-refractivity contribution in [3.05, 3.63) is 34.5 Å². The van der Waals surface area contributed by atoms with E-state index in [1.165, 1.54) is 24.1 Å². The van der Waals surface area contributed by atoms with Crippen LogP contribution in [-0.4, -0.2) is 12.6 Å². The van der Waals surface area contributed by atoms with Gasteiger partial charge in [-0.3, -0.25) is 0 Å². The third-order valence-corrected chi connectivity index (χ3v) is 3.29. The molecule has 1 aromatic rings. The first-order chi connectivity index (χ1) is 6.95. The lowest BCUT2D eigenvalue weighted by Gasteiger charge is -1.97. The molecule has 2 rings (SSSR count). The van der Waals surface area contributed by atoms with Gasteiger partial charge in [-0.05, 0) is 43.7 Å². The Bertz CT molecular complexity index is 273. The van der Waals surface area contributed by atoms with Gasteiger partial charge in [-0.25, -0.2) is 0 Å². The second kappa shape index (κ2) is 5.32. The van der Waals surface area contributed by atoms with Gasteiger partial charge in [0, 0.05) is 10.9 Å². The first-order valence-electron chi connectivity index (χ1n) is 5.36. The maximum atomic E-state index is 3.50. The highest BCUT2D eigenvalue weighted by Gasteiger charge is 2.19. The summed E-state index contributed by atoms with van der Waals surface area (Å²) in [5, 5.41) is 5.64. The molecule has 0 radical (unpaired) electrons. The van der Waals surface area contributed by atoms with E-state index in [2.05, 4.69) is 35.0 Å². The Morgan fingerprint density at radius 3 is 3.07 bits per heavy atom. The number of nitrogens with one attached hydrogen (secondary N) is 1. The minimum atomic E-state index is 0.848. The van der Waals surface area contributed by atoms with Crippen molar-refractivity contribution in [1.82, 2.24) is 5.32 Å². The van der Waals surface area contributed by atoms with Crippen molar-refractivity contribution in [2.45, 2.75) is 31.7 Å². The quantitative estimate of drug-likeness (QED) is 0.558. The lowest BCUT2D eigenvalue weighted by molar-refractivity contribution is 0.690. The van der Waals surface area contributed by atoms with Gasteiger partial charge in [-0.2, -0.15) is 0 Å². The zero-order valence-electron chi connectivity index (χ0n) is 8.41. The molecule has 0 spiro atoms. The zero-order chi connectivity index (χ0) is 9.64. The SMILES string of the molecule is C(=CCc1cccs1)CCNC1CC1. The fourth-order valence-corrected chi connectivity index (χ4v) is 2.09. The highest BCUT2D eigenvalue weighted by molar-refractivity contribution is 7.09. The Hall–Kier alpha value is -0.600. The molecule has 2 heteroatoms. The zero-order valence-corrected chi connectivity index (χ0v) is 9.22. The van der Waals surface area contributed by atoms with E-state index in [0.29, 0.717) is 0 Å². The Balaban J connectivity index is 1.53. The van der Waals surface area contributed by atoms with E-state index in [9.17, 15) is 0 Å². The van der Waals surface area contributed by atoms with E-state index in [1.807, 2.05) is 11.3 Å². The highest BCUT2D eigenvalue weighted by Crippen LogP contribution is 2.18. The number of hydrogen-bond donors (Lipinski definition) is 1. The van der Waals surface area contributed by atoms with Gasteiger partial charge in [0.15, 0.2) is 0 Å². The monoisotopic (exact) mass is 207 g/mol. The van der Waals surface area contributed by atoms with Crippen LogP contribution in [0.15, 0.2) is 29.7 Å². The summed E-state index contributed by atoms with van der Waals surface area (Å²) in [5.74, 6) is 0. The molecule has 0 aliphatic heterocycles. The van der Waals surface area contributed by atoms with Crippen molar-refractivity contribution in [2.24, 2.45) is 0 Å². The van der Waals surface area contributed by atoms with Crippen molar-refractivity contribution in [3.8, 4) is 0 Å². The van der Waals surface area contributed by atoms with Crippen LogP contribution >= 0.6 is 11.3 Å². The van der Waals surface area contributed by atoms with Crippen molar-refractivity contribution in [1.29, 1.82) is 0 Å². The summed E-state index contributed by atoms with van der Waals surface area (Å²) in [6.07, 6.45) is 9.61. The summed E-state index contributed by atoms with van der Waals surface area (Å²) in [7, 11) is 0. The minimum Gasteiger partial charge on any atom is -0.314 e. The smallest absolute Gasteiger partial charge is 0.00828 e. The third kappa shape index (κ3) is 3.64. The fourth-order valence-electron chi connectivity index (χ4n) is 1.40. The maximum Gasteiger partial charge on any atom is 0.00828 e. The van der Waals surface area contributed by atoms with Crippen LogP contribution in [0.3, 0.4) is 0 Å². The molecular weight excluding hydrogens is 190 g/mol. The van der Waals surface area contributed by atoms with Crippen LogP contribution in [0.4, 0.5) is 0 Å². The first-order valence-corrected chi connectivity index (χ1v) is 6.24. The normalized spacial score (nSPS) is 16.6. The van der Waals surface area contributed by atoms with Gasteiger partial charge in [-0.15, -0.1) is 11.3 Å². The van der Waals surface area contributed by atoms with Gasteiger partial charge in [0.1, 0.15) is 0 Å². The van der Waals surface area contributed by atoms with E-state index >= 15 is 0 Å². The number of thiophene rings is 1. The summed E-state index contributed by atoms with van der Waals surface area (Å²) in [4.78, 5) is 1.46. The Labute approximate surface area is 89.8 Å². The lowest BCUT2D eigenvalue weighted by atomic mass is 10.3. The first kappa shape index (κ1) is 9.94. The van der Waals surface area contributed by atoms with Crippen molar-refractivity contribution >= 4 is 11.3 Å². The topological polar surface area (TPSA) is 12.0 Å². The Morgan fingerprint density at radius 1 is 1.43 bits per heavy atom. The second-order valence-electron chi connectivity index (χ2n) is 3.77. The molecule has 0 saturated heterocycles. The maximum absolute atomic E-state index is 3.50. The molecule has 0 aromatic carbocycles. The molecule has 1 N–H and O–H groups in total. The Kier molecular flexibility index (Phi) is 3.78. The summed E-state index contributed by atoms with van der Waals surface area (Å²) >= 11 is 1.83. The summed E-state index contributed by atoms with van der Waals surface area (Å²) in [6, 6.07) is 5.15. The number of allylic oxidation sites excluding steroid dienone is 1. The molecule has 14 heavy (non-hydrogen) atoms. The molecule has 76 valence electrons. The fraction of sp³-hybridized carbons (Fsp3) is 0.500. The van der Waals surface area contributed by atoms with Crippen molar-refractivity contribution < 1.29 is 0 Å². The van der Waals surface area contributed by atoms with Gasteiger partial charge in [0.05, 0.1) is 0 Å². The lowest BCUT2D eigenvalue weighted by Crippen LogP contribution is -2.16. The average molecular weight is 207 g/mol. The molecule has 1 aliphatic rings. The molecule has 0 bridgehead atoms. The van der Waals surface area contributed by atoms with Crippen LogP contribution in [0.25, 0.3) is 0 Å². The molecular formula is C12H17NS. The van der Waals surface area contributed by atoms with Crippen LogP contribution in [0.2, 0.25) is 0 Å².